The van der Waals surface area contributed by atoms with Crippen molar-refractivity contribution in [2.45, 2.75) is 13.3 Å². The molecule has 1 aliphatic rings. The van der Waals surface area contributed by atoms with Gasteiger partial charge in [-0.25, -0.2) is 0 Å². The van der Waals surface area contributed by atoms with Gasteiger partial charge in [0.15, 0.2) is 0 Å². The summed E-state index contributed by atoms with van der Waals surface area (Å²) in [5, 5.41) is 0. The third-order valence-corrected chi connectivity index (χ3v) is 3.11. The van der Waals surface area contributed by atoms with Crippen molar-refractivity contribution >= 4 is 17.3 Å². The molecule has 0 bridgehead atoms. The molecule has 4 heteroatoms. The number of nitrogen functional groups attached to an aromatic ring is 1. The fourth-order valence-corrected chi connectivity index (χ4v) is 2.20. The third-order valence-electron chi connectivity index (χ3n) is 3.11. The van der Waals surface area contributed by atoms with Crippen LogP contribution in [0.5, 0.6) is 0 Å². The summed E-state index contributed by atoms with van der Waals surface area (Å²) in [5.41, 5.74) is 13.1. The molecule has 4 nitrogen and oxygen atoms in total. The molecule has 0 saturated carbocycles. The second-order valence-electron chi connectivity index (χ2n) is 4.44. The molecule has 1 aromatic rings. The highest BCUT2D eigenvalue weighted by Gasteiger charge is 2.21. The Kier molecular flexibility index (Phi) is 2.73. The predicted octanol–water partition coefficient (Wildman–Crippen LogP) is 1.21. The summed E-state index contributed by atoms with van der Waals surface area (Å²) >= 11 is 0. The molecule has 0 radical (unpaired) electrons. The highest BCUT2D eigenvalue weighted by molar-refractivity contribution is 6.00. The monoisotopic (exact) mass is 219 g/mol. The Labute approximate surface area is 95.2 Å². The van der Waals surface area contributed by atoms with Crippen LogP contribution in [0.2, 0.25) is 0 Å². The predicted molar refractivity (Wildman–Crippen MR) is 65.4 cm³/mol. The van der Waals surface area contributed by atoms with Crippen molar-refractivity contribution in [3.8, 4) is 0 Å². The highest BCUT2D eigenvalue weighted by atomic mass is 16.1. The van der Waals surface area contributed by atoms with Crippen LogP contribution in [0.4, 0.5) is 11.4 Å². The zero-order valence-electron chi connectivity index (χ0n) is 9.44. The van der Waals surface area contributed by atoms with E-state index in [1.807, 2.05) is 12.1 Å². The Morgan fingerprint density at radius 2 is 2.25 bits per heavy atom. The Morgan fingerprint density at radius 3 is 2.81 bits per heavy atom. The van der Waals surface area contributed by atoms with Crippen molar-refractivity contribution in [1.29, 1.82) is 0 Å². The van der Waals surface area contributed by atoms with Crippen LogP contribution in [0, 0.1) is 5.92 Å². The summed E-state index contributed by atoms with van der Waals surface area (Å²) in [6.07, 6.45) is 1.17. The van der Waals surface area contributed by atoms with E-state index >= 15 is 0 Å². The average molecular weight is 219 g/mol. The number of carbonyl (C=O) groups excluding carboxylic acids is 1. The lowest BCUT2D eigenvalue weighted by Crippen LogP contribution is -2.22. The Bertz CT molecular complexity index is 417. The number of hydrogen-bond acceptors (Lipinski definition) is 3. The smallest absolute Gasteiger partial charge is 0.250 e. The molecule has 4 N–H and O–H groups in total. The molecule has 1 saturated heterocycles. The van der Waals surface area contributed by atoms with E-state index in [0.717, 1.165) is 18.8 Å². The van der Waals surface area contributed by atoms with Gasteiger partial charge in [0.05, 0.1) is 16.9 Å². The van der Waals surface area contributed by atoms with Crippen LogP contribution >= 0.6 is 0 Å². The van der Waals surface area contributed by atoms with Gasteiger partial charge in [-0.15, -0.1) is 0 Å². The summed E-state index contributed by atoms with van der Waals surface area (Å²) in [6.45, 7) is 4.20. The van der Waals surface area contributed by atoms with E-state index in [1.165, 1.54) is 6.42 Å². The first-order valence-electron chi connectivity index (χ1n) is 5.53. The van der Waals surface area contributed by atoms with Gasteiger partial charge in [-0.1, -0.05) is 13.0 Å². The Hall–Kier alpha value is -1.71. The molecule has 1 amide bonds. The first-order valence-corrected chi connectivity index (χ1v) is 5.53. The molecule has 1 unspecified atom stereocenters. The van der Waals surface area contributed by atoms with Gasteiger partial charge >= 0.3 is 0 Å². The summed E-state index contributed by atoms with van der Waals surface area (Å²) in [7, 11) is 0. The highest BCUT2D eigenvalue weighted by Crippen LogP contribution is 2.30. The van der Waals surface area contributed by atoms with Gasteiger partial charge in [-0.3, -0.25) is 4.79 Å². The molecule has 16 heavy (non-hydrogen) atoms. The average Bonchev–Trinajstić information content (AvgIpc) is 2.64. The summed E-state index contributed by atoms with van der Waals surface area (Å²) < 4.78 is 0. The number of para-hydroxylation sites is 1. The van der Waals surface area contributed by atoms with Crippen molar-refractivity contribution in [2.24, 2.45) is 11.7 Å². The number of benzene rings is 1. The van der Waals surface area contributed by atoms with E-state index in [4.69, 9.17) is 11.5 Å². The first kappa shape index (κ1) is 10.8. The molecule has 1 aromatic carbocycles. The minimum Gasteiger partial charge on any atom is -0.396 e. The molecule has 86 valence electrons. The SMILES string of the molecule is CC1CCN(c2cccc(C(N)=O)c2N)C1. The van der Waals surface area contributed by atoms with Gasteiger partial charge in [0.2, 0.25) is 0 Å². The van der Waals surface area contributed by atoms with Gasteiger partial charge < -0.3 is 16.4 Å². The molecular formula is C12H17N3O. The molecule has 2 rings (SSSR count). The number of carbonyl (C=O) groups is 1. The second kappa shape index (κ2) is 4.04. The molecule has 0 aromatic heterocycles. The molecule has 1 atom stereocenters. The van der Waals surface area contributed by atoms with Crippen molar-refractivity contribution in [2.75, 3.05) is 23.7 Å². The van der Waals surface area contributed by atoms with E-state index in [1.54, 1.807) is 6.07 Å². The number of rotatable bonds is 2. The normalized spacial score (nSPS) is 20.1. The molecule has 1 heterocycles. The van der Waals surface area contributed by atoms with E-state index < -0.39 is 5.91 Å². The molecular weight excluding hydrogens is 202 g/mol. The summed E-state index contributed by atoms with van der Waals surface area (Å²) in [5.74, 6) is 0.211. The van der Waals surface area contributed by atoms with E-state index in [0.29, 0.717) is 17.2 Å². The standard InChI is InChI=1S/C12H17N3O/c1-8-5-6-15(7-8)10-4-2-3-9(11(10)13)12(14)16/h2-4,8H,5-7,13H2,1H3,(H2,14,16). The summed E-state index contributed by atoms with van der Waals surface area (Å²) in [4.78, 5) is 13.4. The maximum atomic E-state index is 11.2. The largest absolute Gasteiger partial charge is 0.396 e. The van der Waals surface area contributed by atoms with Crippen molar-refractivity contribution in [1.82, 2.24) is 0 Å². The Balaban J connectivity index is 2.34. The number of nitrogens with zero attached hydrogens (tertiary/aromatic N) is 1. The lowest BCUT2D eigenvalue weighted by atomic mass is 10.1. The lowest BCUT2D eigenvalue weighted by molar-refractivity contribution is 0.100. The number of nitrogens with two attached hydrogens (primary N) is 2. The van der Waals surface area contributed by atoms with Crippen molar-refractivity contribution < 1.29 is 4.79 Å². The molecule has 1 aliphatic heterocycles. The molecule has 0 aliphatic carbocycles. The third kappa shape index (κ3) is 1.83. The lowest BCUT2D eigenvalue weighted by Gasteiger charge is -2.21. The van der Waals surface area contributed by atoms with Crippen LogP contribution in [0.3, 0.4) is 0 Å². The van der Waals surface area contributed by atoms with Crippen LogP contribution in [0.15, 0.2) is 18.2 Å². The zero-order valence-corrected chi connectivity index (χ0v) is 9.44. The van der Waals surface area contributed by atoms with Gasteiger partial charge in [0, 0.05) is 13.1 Å². The molecule has 1 fully saturated rings. The first-order chi connectivity index (χ1) is 7.59. The number of amides is 1. The van der Waals surface area contributed by atoms with Crippen molar-refractivity contribution in [3.63, 3.8) is 0 Å². The van der Waals surface area contributed by atoms with Crippen LogP contribution in [-0.2, 0) is 0 Å². The van der Waals surface area contributed by atoms with E-state index in [9.17, 15) is 4.79 Å². The van der Waals surface area contributed by atoms with Crippen LogP contribution in [0.1, 0.15) is 23.7 Å². The van der Waals surface area contributed by atoms with Crippen LogP contribution in [-0.4, -0.2) is 19.0 Å². The van der Waals surface area contributed by atoms with Gasteiger partial charge in [0.25, 0.3) is 5.91 Å². The second-order valence-corrected chi connectivity index (χ2v) is 4.44. The maximum absolute atomic E-state index is 11.2. The number of anilines is 2. The minimum absolute atomic E-state index is 0.414. The number of hydrogen-bond donors (Lipinski definition) is 2. The number of primary amides is 1. The van der Waals surface area contributed by atoms with E-state index in [2.05, 4.69) is 11.8 Å². The fraction of sp³-hybridized carbons (Fsp3) is 0.417. The zero-order chi connectivity index (χ0) is 11.7. The van der Waals surface area contributed by atoms with E-state index in [-0.39, 0.29) is 0 Å². The maximum Gasteiger partial charge on any atom is 0.250 e. The van der Waals surface area contributed by atoms with Crippen molar-refractivity contribution in [3.05, 3.63) is 23.8 Å². The van der Waals surface area contributed by atoms with Crippen LogP contribution in [0.25, 0.3) is 0 Å². The van der Waals surface area contributed by atoms with Gasteiger partial charge in [-0.2, -0.15) is 0 Å². The van der Waals surface area contributed by atoms with Crippen LogP contribution < -0.4 is 16.4 Å². The minimum atomic E-state index is -0.466. The fourth-order valence-electron chi connectivity index (χ4n) is 2.20. The molecule has 0 spiro atoms. The topological polar surface area (TPSA) is 72.3 Å². The quantitative estimate of drug-likeness (QED) is 0.734. The van der Waals surface area contributed by atoms with Gasteiger partial charge in [0.1, 0.15) is 0 Å². The summed E-state index contributed by atoms with van der Waals surface area (Å²) in [6, 6.07) is 5.44. The van der Waals surface area contributed by atoms with Gasteiger partial charge in [-0.05, 0) is 24.5 Å². The Morgan fingerprint density at radius 1 is 1.50 bits per heavy atom.